The Hall–Kier alpha value is -1.30. The molecule has 1 aliphatic rings. The highest BCUT2D eigenvalue weighted by atomic mass is 16.5. The Labute approximate surface area is 126 Å². The Morgan fingerprint density at radius 1 is 1.38 bits per heavy atom. The zero-order valence-electron chi connectivity index (χ0n) is 12.9. The number of hydrogen-bond acceptors (Lipinski definition) is 5. The molecular formula is C16H26N2O3. The third-order valence-corrected chi connectivity index (χ3v) is 4.07. The maximum atomic E-state index is 10.1. The van der Waals surface area contributed by atoms with E-state index in [0.717, 1.165) is 25.3 Å². The molecule has 1 aromatic carbocycles. The van der Waals surface area contributed by atoms with Crippen molar-refractivity contribution in [1.29, 1.82) is 0 Å². The number of nitrogens with two attached hydrogens (primary N) is 1. The zero-order valence-corrected chi connectivity index (χ0v) is 12.9. The van der Waals surface area contributed by atoms with E-state index in [4.69, 9.17) is 15.2 Å². The highest BCUT2D eigenvalue weighted by Crippen LogP contribution is 2.19. The maximum Gasteiger partial charge on any atom is 0.119 e. The van der Waals surface area contributed by atoms with Gasteiger partial charge in [-0.2, -0.15) is 0 Å². The fraction of sp³-hybridized carbons (Fsp3) is 0.625. The predicted octanol–water partition coefficient (Wildman–Crippen LogP) is 1.37. The van der Waals surface area contributed by atoms with Crippen LogP contribution >= 0.6 is 0 Å². The molecule has 0 radical (unpaired) electrons. The lowest BCUT2D eigenvalue weighted by Crippen LogP contribution is -2.47. The van der Waals surface area contributed by atoms with Crippen LogP contribution in [0, 0.1) is 5.92 Å². The largest absolute Gasteiger partial charge is 0.491 e. The monoisotopic (exact) mass is 294 g/mol. The first kappa shape index (κ1) is 16.1. The smallest absolute Gasteiger partial charge is 0.119 e. The standard InChI is InChI=1S/C16H26N2O3/c1-12-7-8-18(10-16(12)20-2)9-14(19)11-21-15-5-3-13(17)4-6-15/h3-6,12,14,16,19H,7-11,17H2,1-2H3. The van der Waals surface area contributed by atoms with E-state index in [1.807, 2.05) is 12.1 Å². The number of nitrogen functional groups attached to an aromatic ring is 1. The second kappa shape index (κ2) is 7.64. The number of benzene rings is 1. The minimum absolute atomic E-state index is 0.254. The van der Waals surface area contributed by atoms with Crippen LogP contribution in [0.4, 0.5) is 5.69 Å². The van der Waals surface area contributed by atoms with Crippen LogP contribution in [0.2, 0.25) is 0 Å². The van der Waals surface area contributed by atoms with E-state index in [9.17, 15) is 5.11 Å². The molecule has 0 bridgehead atoms. The minimum Gasteiger partial charge on any atom is -0.491 e. The molecule has 1 heterocycles. The lowest BCUT2D eigenvalue weighted by Gasteiger charge is -2.37. The Balaban J connectivity index is 1.74. The van der Waals surface area contributed by atoms with Gasteiger partial charge in [0.05, 0.1) is 6.10 Å². The van der Waals surface area contributed by atoms with Crippen molar-refractivity contribution in [2.24, 2.45) is 5.92 Å². The summed E-state index contributed by atoms with van der Waals surface area (Å²) >= 11 is 0. The molecule has 0 spiro atoms. The molecule has 0 aromatic heterocycles. The Kier molecular flexibility index (Phi) is 5.85. The van der Waals surface area contributed by atoms with Crippen molar-refractivity contribution in [3.05, 3.63) is 24.3 Å². The van der Waals surface area contributed by atoms with Gasteiger partial charge in [0, 0.05) is 25.9 Å². The third kappa shape index (κ3) is 4.88. The molecule has 118 valence electrons. The van der Waals surface area contributed by atoms with Crippen molar-refractivity contribution >= 4 is 5.69 Å². The number of β-amino-alcohol motifs (C(OH)–C–C–N with tert-alkyl or cyclic N) is 1. The quantitative estimate of drug-likeness (QED) is 0.776. The molecule has 3 atom stereocenters. The molecule has 5 nitrogen and oxygen atoms in total. The van der Waals surface area contributed by atoms with Gasteiger partial charge in [-0.05, 0) is 43.1 Å². The first-order valence-electron chi connectivity index (χ1n) is 7.50. The predicted molar refractivity (Wildman–Crippen MR) is 83.4 cm³/mol. The number of anilines is 1. The van der Waals surface area contributed by atoms with E-state index >= 15 is 0 Å². The molecule has 0 amide bonds. The van der Waals surface area contributed by atoms with Gasteiger partial charge in [-0.15, -0.1) is 0 Å². The van der Waals surface area contributed by atoms with Crippen LogP contribution in [0.15, 0.2) is 24.3 Å². The summed E-state index contributed by atoms with van der Waals surface area (Å²) < 4.78 is 11.1. The van der Waals surface area contributed by atoms with Gasteiger partial charge in [0.25, 0.3) is 0 Å². The lowest BCUT2D eigenvalue weighted by molar-refractivity contribution is -0.0227. The van der Waals surface area contributed by atoms with E-state index < -0.39 is 6.10 Å². The minimum atomic E-state index is -0.506. The molecule has 1 saturated heterocycles. The van der Waals surface area contributed by atoms with Crippen molar-refractivity contribution in [3.8, 4) is 5.75 Å². The third-order valence-electron chi connectivity index (χ3n) is 4.07. The second-order valence-electron chi connectivity index (χ2n) is 5.83. The maximum absolute atomic E-state index is 10.1. The molecule has 0 aliphatic carbocycles. The van der Waals surface area contributed by atoms with Crippen LogP contribution in [-0.4, -0.2) is 55.6 Å². The van der Waals surface area contributed by atoms with E-state index in [0.29, 0.717) is 18.2 Å². The van der Waals surface area contributed by atoms with Crippen molar-refractivity contribution in [2.75, 3.05) is 39.1 Å². The van der Waals surface area contributed by atoms with Crippen molar-refractivity contribution in [3.63, 3.8) is 0 Å². The summed E-state index contributed by atoms with van der Waals surface area (Å²) in [6.07, 6.45) is 0.849. The normalized spacial score (nSPS) is 24.7. The summed E-state index contributed by atoms with van der Waals surface area (Å²) in [6, 6.07) is 7.20. The Morgan fingerprint density at radius 3 is 2.76 bits per heavy atom. The molecule has 0 saturated carbocycles. The molecule has 1 aromatic rings. The summed E-state index contributed by atoms with van der Waals surface area (Å²) in [5.74, 6) is 1.31. The molecule has 1 fully saturated rings. The van der Waals surface area contributed by atoms with Crippen LogP contribution in [0.5, 0.6) is 5.75 Å². The van der Waals surface area contributed by atoms with Crippen LogP contribution in [0.25, 0.3) is 0 Å². The van der Waals surface area contributed by atoms with E-state index in [-0.39, 0.29) is 12.7 Å². The number of nitrogens with zero attached hydrogens (tertiary/aromatic N) is 1. The number of rotatable bonds is 6. The molecule has 3 N–H and O–H groups in total. The van der Waals surface area contributed by atoms with Crippen molar-refractivity contribution in [2.45, 2.75) is 25.6 Å². The number of hydrogen-bond donors (Lipinski definition) is 2. The first-order valence-corrected chi connectivity index (χ1v) is 7.50. The Morgan fingerprint density at radius 2 is 2.10 bits per heavy atom. The second-order valence-corrected chi connectivity index (χ2v) is 5.83. The summed E-state index contributed by atoms with van der Waals surface area (Å²) in [4.78, 5) is 2.24. The molecule has 21 heavy (non-hydrogen) atoms. The van der Waals surface area contributed by atoms with Crippen LogP contribution in [-0.2, 0) is 4.74 Å². The first-order chi connectivity index (χ1) is 10.1. The molecular weight excluding hydrogens is 268 g/mol. The topological polar surface area (TPSA) is 68.0 Å². The number of ether oxygens (including phenoxy) is 2. The fourth-order valence-corrected chi connectivity index (χ4v) is 2.68. The fourth-order valence-electron chi connectivity index (χ4n) is 2.68. The van der Waals surface area contributed by atoms with Gasteiger partial charge in [-0.25, -0.2) is 0 Å². The molecule has 5 heteroatoms. The summed E-state index contributed by atoms with van der Waals surface area (Å²) in [6.45, 7) is 4.98. The van der Waals surface area contributed by atoms with Crippen LogP contribution < -0.4 is 10.5 Å². The van der Waals surface area contributed by atoms with Gasteiger partial charge in [0.15, 0.2) is 0 Å². The van der Waals surface area contributed by atoms with Gasteiger partial charge in [-0.1, -0.05) is 6.92 Å². The van der Waals surface area contributed by atoms with E-state index in [1.54, 1.807) is 19.2 Å². The average molecular weight is 294 g/mol. The van der Waals surface area contributed by atoms with Crippen molar-refractivity contribution in [1.82, 2.24) is 4.90 Å². The Bertz CT molecular complexity index is 424. The molecule has 3 unspecified atom stereocenters. The van der Waals surface area contributed by atoms with Gasteiger partial charge in [0.2, 0.25) is 0 Å². The van der Waals surface area contributed by atoms with E-state index in [2.05, 4.69) is 11.8 Å². The van der Waals surface area contributed by atoms with Crippen LogP contribution in [0.1, 0.15) is 13.3 Å². The van der Waals surface area contributed by atoms with Gasteiger partial charge in [-0.3, -0.25) is 4.90 Å². The summed E-state index contributed by atoms with van der Waals surface area (Å²) in [7, 11) is 1.76. The summed E-state index contributed by atoms with van der Waals surface area (Å²) in [5.41, 5.74) is 6.32. The van der Waals surface area contributed by atoms with Crippen molar-refractivity contribution < 1.29 is 14.6 Å². The highest BCUT2D eigenvalue weighted by molar-refractivity contribution is 5.41. The van der Waals surface area contributed by atoms with Gasteiger partial charge < -0.3 is 20.3 Å². The van der Waals surface area contributed by atoms with E-state index in [1.165, 1.54) is 0 Å². The van der Waals surface area contributed by atoms with Crippen LogP contribution in [0.3, 0.4) is 0 Å². The SMILES string of the molecule is COC1CN(CC(O)COc2ccc(N)cc2)CCC1C. The number of likely N-dealkylation sites (tertiary alicyclic amines) is 1. The number of methoxy groups -OCH3 is 1. The molecule has 1 aliphatic heterocycles. The lowest BCUT2D eigenvalue weighted by atomic mass is 9.95. The number of piperidine rings is 1. The van der Waals surface area contributed by atoms with Gasteiger partial charge in [0.1, 0.15) is 18.5 Å². The van der Waals surface area contributed by atoms with Gasteiger partial charge >= 0.3 is 0 Å². The zero-order chi connectivity index (χ0) is 15.2. The number of aliphatic hydroxyl groups excluding tert-OH is 1. The number of aliphatic hydroxyl groups is 1. The molecule has 2 rings (SSSR count). The average Bonchev–Trinajstić information content (AvgIpc) is 2.48. The summed E-state index contributed by atoms with van der Waals surface area (Å²) in [5, 5.41) is 10.1. The highest BCUT2D eigenvalue weighted by Gasteiger charge is 2.27.